The molecule has 0 bridgehead atoms. The lowest BCUT2D eigenvalue weighted by atomic mass is 10.0. The first kappa shape index (κ1) is 20.8. The minimum Gasteiger partial charge on any atom is -0.370 e. The van der Waals surface area contributed by atoms with Crippen LogP contribution in [-0.2, 0) is 14.3 Å². The van der Waals surface area contributed by atoms with Gasteiger partial charge in [-0.25, -0.2) is 0 Å². The average Bonchev–Trinajstić information content (AvgIpc) is 3.25. The normalized spacial score (nSPS) is 22.0. The van der Waals surface area contributed by atoms with Gasteiger partial charge in [-0.05, 0) is 49.7 Å². The molecule has 1 unspecified atom stereocenters. The van der Waals surface area contributed by atoms with Crippen LogP contribution in [-0.4, -0.2) is 49.6 Å². The lowest BCUT2D eigenvalue weighted by molar-refractivity contribution is -0.125. The number of thiophene rings is 1. The summed E-state index contributed by atoms with van der Waals surface area (Å²) >= 11 is 7.13. The second-order valence-electron chi connectivity index (χ2n) is 7.84. The third kappa shape index (κ3) is 4.08. The van der Waals surface area contributed by atoms with Gasteiger partial charge in [0.25, 0.3) is 11.8 Å². The van der Waals surface area contributed by atoms with Crippen LogP contribution >= 0.6 is 22.9 Å². The number of halogens is 1. The molecule has 9 heteroatoms. The summed E-state index contributed by atoms with van der Waals surface area (Å²) in [6.45, 7) is 5.25. The second-order valence-corrected chi connectivity index (χ2v) is 9.56. The lowest BCUT2D eigenvalue weighted by Gasteiger charge is -2.29. The molecule has 3 heterocycles. The molecule has 2 aliphatic heterocycles. The maximum atomic E-state index is 12.7. The number of carbonyl (C=O) groups is 3. The third-order valence-electron chi connectivity index (χ3n) is 5.33. The van der Waals surface area contributed by atoms with Gasteiger partial charge in [0.2, 0.25) is 5.91 Å². The molecule has 2 saturated heterocycles. The molecule has 3 amide bonds. The van der Waals surface area contributed by atoms with E-state index in [0.717, 1.165) is 16.9 Å². The quantitative estimate of drug-likeness (QED) is 0.781. The average molecular weight is 448 g/mol. The highest BCUT2D eigenvalue weighted by molar-refractivity contribution is 7.18. The fourth-order valence-corrected chi connectivity index (χ4v) is 4.83. The summed E-state index contributed by atoms with van der Waals surface area (Å²) in [5.41, 5.74) is 1.79. The molecule has 1 aromatic heterocycles. The Balaban J connectivity index is 1.50. The highest BCUT2D eigenvalue weighted by Crippen LogP contribution is 2.32. The number of hydrogen-bond donors (Lipinski definition) is 1. The fourth-order valence-electron chi connectivity index (χ4n) is 3.90. The van der Waals surface area contributed by atoms with Gasteiger partial charge in [-0.2, -0.15) is 0 Å². The van der Waals surface area contributed by atoms with E-state index in [9.17, 15) is 14.4 Å². The van der Waals surface area contributed by atoms with E-state index in [2.05, 4.69) is 5.32 Å². The number of amides is 3. The number of rotatable bonds is 4. The van der Waals surface area contributed by atoms with Crippen LogP contribution in [0.5, 0.6) is 0 Å². The van der Waals surface area contributed by atoms with Gasteiger partial charge in [-0.3, -0.25) is 14.4 Å². The molecule has 1 aromatic carbocycles. The molecule has 0 aliphatic carbocycles. The summed E-state index contributed by atoms with van der Waals surface area (Å²) in [5.74, 6) is -0.365. The van der Waals surface area contributed by atoms with Gasteiger partial charge in [0.1, 0.15) is 6.61 Å². The van der Waals surface area contributed by atoms with Crippen LogP contribution in [0.3, 0.4) is 0 Å². The number of aryl methyl sites for hydroxylation is 1. The Hall–Kier alpha value is -2.42. The van der Waals surface area contributed by atoms with E-state index in [1.807, 2.05) is 32.0 Å². The van der Waals surface area contributed by atoms with Gasteiger partial charge in [0.05, 0.1) is 27.8 Å². The lowest BCUT2D eigenvalue weighted by Crippen LogP contribution is -2.47. The number of benzene rings is 1. The van der Waals surface area contributed by atoms with Gasteiger partial charge in [-0.1, -0.05) is 11.6 Å². The Morgan fingerprint density at radius 2 is 2.00 bits per heavy atom. The van der Waals surface area contributed by atoms with E-state index in [1.54, 1.807) is 21.9 Å². The molecule has 2 aliphatic rings. The van der Waals surface area contributed by atoms with Crippen LogP contribution in [0.15, 0.2) is 30.3 Å². The van der Waals surface area contributed by atoms with Crippen LogP contribution in [0.2, 0.25) is 4.34 Å². The molecule has 0 spiro atoms. The first-order valence-electron chi connectivity index (χ1n) is 9.63. The van der Waals surface area contributed by atoms with E-state index in [-0.39, 0.29) is 30.7 Å². The second kappa shape index (κ2) is 8.02. The summed E-state index contributed by atoms with van der Waals surface area (Å²) < 4.78 is 5.74. The zero-order valence-corrected chi connectivity index (χ0v) is 18.3. The topological polar surface area (TPSA) is 79.0 Å². The van der Waals surface area contributed by atoms with Crippen molar-refractivity contribution in [2.45, 2.75) is 25.8 Å². The van der Waals surface area contributed by atoms with Crippen LogP contribution in [0.4, 0.5) is 11.4 Å². The summed E-state index contributed by atoms with van der Waals surface area (Å²) in [5, 5.41) is 2.98. The summed E-state index contributed by atoms with van der Waals surface area (Å²) in [6, 6.07) is 8.97. The third-order valence-corrected chi connectivity index (χ3v) is 6.56. The van der Waals surface area contributed by atoms with Gasteiger partial charge >= 0.3 is 0 Å². The van der Waals surface area contributed by atoms with Crippen molar-refractivity contribution >= 4 is 52.0 Å². The SMILES string of the molecule is Cc1cc(N2CC(C)(NC(=O)c3ccc(Cl)s3)CC2=O)ccc1N1CCOCC1=O. The predicted molar refractivity (Wildman–Crippen MR) is 117 cm³/mol. The molecular weight excluding hydrogens is 426 g/mol. The first-order chi connectivity index (χ1) is 14.3. The molecular formula is C21H22ClN3O4S. The number of ether oxygens (including phenoxy) is 1. The molecule has 30 heavy (non-hydrogen) atoms. The first-order valence-corrected chi connectivity index (χ1v) is 10.8. The number of hydrogen-bond acceptors (Lipinski definition) is 5. The fraction of sp³-hybridized carbons (Fsp3) is 0.381. The van der Waals surface area contributed by atoms with Gasteiger partial charge < -0.3 is 19.9 Å². The molecule has 158 valence electrons. The van der Waals surface area contributed by atoms with Crippen LogP contribution in [0.25, 0.3) is 0 Å². The van der Waals surface area contributed by atoms with Crippen molar-refractivity contribution < 1.29 is 19.1 Å². The van der Waals surface area contributed by atoms with Crippen molar-refractivity contribution in [2.24, 2.45) is 0 Å². The Kier molecular flexibility index (Phi) is 5.57. The number of morpholine rings is 1. The molecule has 1 N–H and O–H groups in total. The maximum Gasteiger partial charge on any atom is 0.261 e. The number of carbonyl (C=O) groups excluding carboxylic acids is 3. The van der Waals surface area contributed by atoms with Crippen molar-refractivity contribution in [2.75, 3.05) is 36.1 Å². The zero-order chi connectivity index (χ0) is 21.5. The number of anilines is 2. The van der Waals surface area contributed by atoms with Crippen LogP contribution < -0.4 is 15.1 Å². The summed E-state index contributed by atoms with van der Waals surface area (Å²) in [7, 11) is 0. The van der Waals surface area contributed by atoms with E-state index in [1.165, 1.54) is 11.3 Å². The Labute approximate surface area is 183 Å². The number of nitrogens with zero attached hydrogens (tertiary/aromatic N) is 2. The van der Waals surface area contributed by atoms with Crippen LogP contribution in [0.1, 0.15) is 28.6 Å². The Morgan fingerprint density at radius 3 is 2.67 bits per heavy atom. The smallest absolute Gasteiger partial charge is 0.261 e. The van der Waals surface area contributed by atoms with Gasteiger partial charge in [-0.15, -0.1) is 11.3 Å². The largest absolute Gasteiger partial charge is 0.370 e. The highest BCUT2D eigenvalue weighted by atomic mass is 35.5. The highest BCUT2D eigenvalue weighted by Gasteiger charge is 2.41. The maximum absolute atomic E-state index is 12.7. The molecule has 0 radical (unpaired) electrons. The summed E-state index contributed by atoms with van der Waals surface area (Å²) in [4.78, 5) is 41.3. The molecule has 2 aromatic rings. The van der Waals surface area contributed by atoms with Crippen molar-refractivity contribution in [3.05, 3.63) is 45.1 Å². The van der Waals surface area contributed by atoms with Crippen molar-refractivity contribution in [1.82, 2.24) is 5.32 Å². The monoisotopic (exact) mass is 447 g/mol. The standard InChI is InChI=1S/C21H22ClN3O4S/c1-13-9-14(3-4-15(13)24-7-8-29-11-19(24)27)25-12-21(2,10-18(25)26)23-20(28)16-5-6-17(22)30-16/h3-6,9H,7-8,10-12H2,1-2H3,(H,23,28). The molecule has 2 fully saturated rings. The molecule has 7 nitrogen and oxygen atoms in total. The number of nitrogens with one attached hydrogen (secondary N) is 1. The predicted octanol–water partition coefficient (Wildman–Crippen LogP) is 3.00. The van der Waals surface area contributed by atoms with Crippen molar-refractivity contribution in [3.63, 3.8) is 0 Å². The Bertz CT molecular complexity index is 1020. The molecule has 1 atom stereocenters. The molecule has 4 rings (SSSR count). The van der Waals surface area contributed by atoms with Crippen molar-refractivity contribution in [3.8, 4) is 0 Å². The van der Waals surface area contributed by atoms with Crippen molar-refractivity contribution in [1.29, 1.82) is 0 Å². The summed E-state index contributed by atoms with van der Waals surface area (Å²) in [6.07, 6.45) is 0.209. The van der Waals surface area contributed by atoms with E-state index in [4.69, 9.17) is 16.3 Å². The van der Waals surface area contributed by atoms with Gasteiger partial charge in [0.15, 0.2) is 0 Å². The molecule has 0 saturated carbocycles. The van der Waals surface area contributed by atoms with Crippen LogP contribution in [0, 0.1) is 6.92 Å². The van der Waals surface area contributed by atoms with E-state index in [0.29, 0.717) is 28.9 Å². The van der Waals surface area contributed by atoms with E-state index < -0.39 is 5.54 Å². The zero-order valence-electron chi connectivity index (χ0n) is 16.7. The minimum absolute atomic E-state index is 0.0587. The van der Waals surface area contributed by atoms with E-state index >= 15 is 0 Å². The van der Waals surface area contributed by atoms with Gasteiger partial charge in [0, 0.05) is 24.5 Å². The Morgan fingerprint density at radius 1 is 1.20 bits per heavy atom. The minimum atomic E-state index is -0.683.